The molecule has 0 radical (unpaired) electrons. The van der Waals surface area contributed by atoms with Gasteiger partial charge in [0.2, 0.25) is 0 Å². The SMILES string of the molecule is COc1cnn(C(C)C)c1C(NN)c1ccoc1Br. The Morgan fingerprint density at radius 2 is 2.26 bits per heavy atom. The average Bonchev–Trinajstić information content (AvgIpc) is 2.98. The zero-order valence-electron chi connectivity index (χ0n) is 11.1. The molecule has 104 valence electrons. The summed E-state index contributed by atoms with van der Waals surface area (Å²) in [4.78, 5) is 0. The maximum Gasteiger partial charge on any atom is 0.174 e. The van der Waals surface area contributed by atoms with Crippen LogP contribution < -0.4 is 16.0 Å². The van der Waals surface area contributed by atoms with E-state index in [4.69, 9.17) is 15.0 Å². The van der Waals surface area contributed by atoms with Crippen LogP contribution in [-0.4, -0.2) is 16.9 Å². The molecule has 0 saturated carbocycles. The Labute approximate surface area is 120 Å². The van der Waals surface area contributed by atoms with Crippen molar-refractivity contribution < 1.29 is 9.15 Å². The van der Waals surface area contributed by atoms with Gasteiger partial charge in [-0.25, -0.2) is 5.43 Å². The van der Waals surface area contributed by atoms with Crippen LogP contribution in [0.3, 0.4) is 0 Å². The van der Waals surface area contributed by atoms with E-state index in [-0.39, 0.29) is 12.1 Å². The maximum absolute atomic E-state index is 5.71. The topological polar surface area (TPSA) is 78.2 Å². The van der Waals surface area contributed by atoms with E-state index >= 15 is 0 Å². The molecular formula is C12H17BrN4O2. The fraction of sp³-hybridized carbons (Fsp3) is 0.417. The molecule has 2 heterocycles. The Balaban J connectivity index is 2.54. The van der Waals surface area contributed by atoms with Gasteiger partial charge in [0.25, 0.3) is 0 Å². The highest BCUT2D eigenvalue weighted by Gasteiger charge is 2.26. The Kier molecular flexibility index (Phi) is 4.28. The number of hydrogen-bond donors (Lipinski definition) is 2. The predicted octanol–water partition coefficient (Wildman–Crippen LogP) is 2.38. The van der Waals surface area contributed by atoms with E-state index in [9.17, 15) is 0 Å². The number of methoxy groups -OCH3 is 1. The van der Waals surface area contributed by atoms with E-state index in [0.29, 0.717) is 10.4 Å². The molecule has 0 fully saturated rings. The predicted molar refractivity (Wildman–Crippen MR) is 74.7 cm³/mol. The average molecular weight is 329 g/mol. The molecule has 0 saturated heterocycles. The molecule has 2 aromatic heterocycles. The first-order valence-electron chi connectivity index (χ1n) is 5.90. The van der Waals surface area contributed by atoms with E-state index < -0.39 is 0 Å². The zero-order chi connectivity index (χ0) is 14.0. The van der Waals surface area contributed by atoms with Gasteiger partial charge in [0.15, 0.2) is 10.4 Å². The van der Waals surface area contributed by atoms with Crippen molar-refractivity contribution >= 4 is 15.9 Å². The minimum Gasteiger partial charge on any atom is -0.493 e. The highest BCUT2D eigenvalue weighted by molar-refractivity contribution is 9.10. The molecule has 3 N–H and O–H groups in total. The standard InChI is InChI=1S/C12H17BrN4O2/c1-7(2)17-11(9(18-3)6-15-17)10(16-14)8-4-5-19-12(8)13/h4-7,10,16H,14H2,1-3H3. The number of nitrogens with one attached hydrogen (secondary N) is 1. The molecule has 1 atom stereocenters. The molecular weight excluding hydrogens is 312 g/mol. The number of nitrogens with two attached hydrogens (primary N) is 1. The first-order chi connectivity index (χ1) is 9.10. The van der Waals surface area contributed by atoms with Crippen LogP contribution in [0.15, 0.2) is 27.6 Å². The Hall–Kier alpha value is -1.31. The van der Waals surface area contributed by atoms with Crippen LogP contribution in [-0.2, 0) is 0 Å². The van der Waals surface area contributed by atoms with Crippen LogP contribution >= 0.6 is 15.9 Å². The monoisotopic (exact) mass is 328 g/mol. The summed E-state index contributed by atoms with van der Waals surface area (Å²) < 4.78 is 13.2. The summed E-state index contributed by atoms with van der Waals surface area (Å²) in [6, 6.07) is 1.78. The molecule has 0 bridgehead atoms. The van der Waals surface area contributed by atoms with Gasteiger partial charge in [-0.15, -0.1) is 0 Å². The van der Waals surface area contributed by atoms with Gasteiger partial charge in [-0.2, -0.15) is 5.10 Å². The minimum absolute atomic E-state index is 0.195. The summed E-state index contributed by atoms with van der Waals surface area (Å²) in [6.45, 7) is 4.10. The molecule has 0 amide bonds. The molecule has 6 nitrogen and oxygen atoms in total. The smallest absolute Gasteiger partial charge is 0.174 e. The summed E-state index contributed by atoms with van der Waals surface area (Å²) in [6.07, 6.45) is 3.29. The van der Waals surface area contributed by atoms with Gasteiger partial charge in [-0.3, -0.25) is 10.5 Å². The number of hydrazine groups is 1. The molecule has 2 aromatic rings. The number of ether oxygens (including phenoxy) is 1. The largest absolute Gasteiger partial charge is 0.493 e. The summed E-state index contributed by atoms with van der Waals surface area (Å²) >= 11 is 3.37. The van der Waals surface area contributed by atoms with Gasteiger partial charge < -0.3 is 9.15 Å². The first kappa shape index (κ1) is 14.1. The van der Waals surface area contributed by atoms with Crippen LogP contribution in [0.5, 0.6) is 5.75 Å². The molecule has 2 rings (SSSR count). The third-order valence-corrected chi connectivity index (χ3v) is 3.55. The number of furan rings is 1. The van der Waals surface area contributed by atoms with Crippen molar-refractivity contribution in [1.29, 1.82) is 0 Å². The minimum atomic E-state index is -0.270. The van der Waals surface area contributed by atoms with Crippen LogP contribution in [0.1, 0.15) is 37.2 Å². The van der Waals surface area contributed by atoms with Crippen molar-refractivity contribution in [2.45, 2.75) is 25.9 Å². The summed E-state index contributed by atoms with van der Waals surface area (Å²) in [7, 11) is 1.61. The van der Waals surface area contributed by atoms with E-state index in [1.165, 1.54) is 0 Å². The number of hydrogen-bond acceptors (Lipinski definition) is 5. The van der Waals surface area contributed by atoms with Gasteiger partial charge in [0, 0.05) is 11.6 Å². The molecule has 0 aliphatic rings. The molecule has 0 aromatic carbocycles. The highest BCUT2D eigenvalue weighted by Crippen LogP contribution is 2.34. The number of rotatable bonds is 5. The summed E-state index contributed by atoms with van der Waals surface area (Å²) in [5.41, 5.74) is 4.54. The zero-order valence-corrected chi connectivity index (χ0v) is 12.6. The Bertz CT molecular complexity index is 550. The normalized spacial score (nSPS) is 12.9. The lowest BCUT2D eigenvalue weighted by molar-refractivity contribution is 0.393. The summed E-state index contributed by atoms with van der Waals surface area (Å²) in [5.74, 6) is 6.39. The van der Waals surface area contributed by atoms with Crippen molar-refractivity contribution in [2.24, 2.45) is 5.84 Å². The molecule has 0 aliphatic carbocycles. The van der Waals surface area contributed by atoms with Crippen molar-refractivity contribution in [3.63, 3.8) is 0 Å². The third kappa shape index (κ3) is 2.54. The lowest BCUT2D eigenvalue weighted by atomic mass is 10.1. The van der Waals surface area contributed by atoms with E-state index in [2.05, 4.69) is 26.5 Å². The maximum atomic E-state index is 5.71. The molecule has 19 heavy (non-hydrogen) atoms. The second kappa shape index (κ2) is 5.77. The van der Waals surface area contributed by atoms with Crippen molar-refractivity contribution in [3.05, 3.63) is 34.5 Å². The van der Waals surface area contributed by atoms with Gasteiger partial charge in [-0.05, 0) is 35.8 Å². The molecule has 0 spiro atoms. The fourth-order valence-corrected chi connectivity index (χ4v) is 2.49. The number of nitrogens with zero attached hydrogens (tertiary/aromatic N) is 2. The second-order valence-corrected chi connectivity index (χ2v) is 5.11. The second-order valence-electron chi connectivity index (χ2n) is 4.39. The van der Waals surface area contributed by atoms with Gasteiger partial charge in [0.1, 0.15) is 5.69 Å². The van der Waals surface area contributed by atoms with E-state index in [1.54, 1.807) is 19.6 Å². The molecule has 0 aliphatic heterocycles. The number of halogens is 1. The first-order valence-corrected chi connectivity index (χ1v) is 6.69. The lowest BCUT2D eigenvalue weighted by Gasteiger charge is -2.20. The van der Waals surface area contributed by atoms with Crippen molar-refractivity contribution in [2.75, 3.05) is 7.11 Å². The summed E-state index contributed by atoms with van der Waals surface area (Å²) in [5, 5.41) is 4.35. The van der Waals surface area contributed by atoms with Crippen LogP contribution in [0.2, 0.25) is 0 Å². The van der Waals surface area contributed by atoms with Crippen LogP contribution in [0.4, 0.5) is 0 Å². The quantitative estimate of drug-likeness (QED) is 0.650. The van der Waals surface area contributed by atoms with Crippen LogP contribution in [0.25, 0.3) is 0 Å². The molecule has 1 unspecified atom stereocenters. The van der Waals surface area contributed by atoms with Crippen molar-refractivity contribution in [1.82, 2.24) is 15.2 Å². The fourth-order valence-electron chi connectivity index (χ4n) is 2.03. The third-order valence-electron chi connectivity index (χ3n) is 2.90. The Morgan fingerprint density at radius 1 is 1.53 bits per heavy atom. The lowest BCUT2D eigenvalue weighted by Crippen LogP contribution is -2.31. The van der Waals surface area contributed by atoms with Gasteiger partial charge >= 0.3 is 0 Å². The number of aromatic nitrogens is 2. The Morgan fingerprint density at radius 3 is 2.74 bits per heavy atom. The van der Waals surface area contributed by atoms with E-state index in [0.717, 1.165) is 11.3 Å². The highest BCUT2D eigenvalue weighted by atomic mass is 79.9. The van der Waals surface area contributed by atoms with Crippen molar-refractivity contribution in [3.8, 4) is 5.75 Å². The van der Waals surface area contributed by atoms with Crippen LogP contribution in [0, 0.1) is 0 Å². The van der Waals surface area contributed by atoms with Gasteiger partial charge in [0.05, 0.1) is 25.6 Å². The van der Waals surface area contributed by atoms with Gasteiger partial charge in [-0.1, -0.05) is 0 Å². The van der Waals surface area contributed by atoms with E-state index in [1.807, 2.05) is 24.6 Å². The molecule has 7 heteroatoms.